The number of aromatic nitrogens is 1. The highest BCUT2D eigenvalue weighted by molar-refractivity contribution is 7.11. The SMILES string of the molecule is CCc1ccc(CC(=O)c2cncs2)cc1. The lowest BCUT2D eigenvalue weighted by atomic mass is 10.1. The van der Waals surface area contributed by atoms with Crippen LogP contribution in [-0.4, -0.2) is 10.8 Å². The van der Waals surface area contributed by atoms with Crippen molar-refractivity contribution in [2.75, 3.05) is 0 Å². The van der Waals surface area contributed by atoms with Crippen LogP contribution >= 0.6 is 11.3 Å². The average molecular weight is 231 g/mol. The minimum absolute atomic E-state index is 0.145. The van der Waals surface area contributed by atoms with Gasteiger partial charge in [0.25, 0.3) is 0 Å². The number of carbonyl (C=O) groups is 1. The summed E-state index contributed by atoms with van der Waals surface area (Å²) in [7, 11) is 0. The molecule has 2 aromatic rings. The third-order valence-corrected chi connectivity index (χ3v) is 3.32. The lowest BCUT2D eigenvalue weighted by Crippen LogP contribution is -2.01. The summed E-state index contributed by atoms with van der Waals surface area (Å²) in [5.74, 6) is 0.145. The van der Waals surface area contributed by atoms with Gasteiger partial charge in [0.15, 0.2) is 5.78 Å². The molecule has 2 nitrogen and oxygen atoms in total. The molecule has 0 aliphatic heterocycles. The second kappa shape index (κ2) is 5.03. The molecule has 0 saturated carbocycles. The Hall–Kier alpha value is -1.48. The lowest BCUT2D eigenvalue weighted by molar-refractivity contribution is 0.0996. The molecule has 2 rings (SSSR count). The van der Waals surface area contributed by atoms with Crippen molar-refractivity contribution >= 4 is 17.1 Å². The molecule has 0 saturated heterocycles. The van der Waals surface area contributed by atoms with Gasteiger partial charge in [-0.05, 0) is 17.5 Å². The molecule has 0 spiro atoms. The Bertz CT molecular complexity index is 459. The quantitative estimate of drug-likeness (QED) is 0.757. The van der Waals surface area contributed by atoms with E-state index in [0.717, 1.165) is 16.9 Å². The molecular formula is C13H13NOS. The van der Waals surface area contributed by atoms with E-state index in [1.54, 1.807) is 11.7 Å². The van der Waals surface area contributed by atoms with Crippen LogP contribution in [-0.2, 0) is 12.8 Å². The van der Waals surface area contributed by atoms with E-state index in [2.05, 4.69) is 24.0 Å². The molecule has 1 aromatic heterocycles. The van der Waals surface area contributed by atoms with Crippen LogP contribution < -0.4 is 0 Å². The summed E-state index contributed by atoms with van der Waals surface area (Å²) in [5.41, 5.74) is 4.05. The van der Waals surface area contributed by atoms with Crippen molar-refractivity contribution in [3.63, 3.8) is 0 Å². The highest BCUT2D eigenvalue weighted by atomic mass is 32.1. The molecule has 0 fully saturated rings. The van der Waals surface area contributed by atoms with Crippen LogP contribution in [0.25, 0.3) is 0 Å². The first kappa shape index (κ1) is 11.0. The number of hydrogen-bond donors (Lipinski definition) is 0. The van der Waals surface area contributed by atoms with Crippen LogP contribution in [0, 0.1) is 0 Å². The molecule has 1 aromatic carbocycles. The molecular weight excluding hydrogens is 218 g/mol. The van der Waals surface area contributed by atoms with Crippen molar-refractivity contribution in [2.45, 2.75) is 19.8 Å². The first-order valence-electron chi connectivity index (χ1n) is 5.29. The molecule has 0 unspecified atom stereocenters. The number of Topliss-reactive ketones (excluding diaryl/α,β-unsaturated/α-hetero) is 1. The van der Waals surface area contributed by atoms with Crippen molar-refractivity contribution in [1.29, 1.82) is 0 Å². The monoisotopic (exact) mass is 231 g/mol. The number of thiazole rings is 1. The minimum Gasteiger partial charge on any atom is -0.293 e. The van der Waals surface area contributed by atoms with Gasteiger partial charge in [-0.3, -0.25) is 9.78 Å². The minimum atomic E-state index is 0.145. The topological polar surface area (TPSA) is 30.0 Å². The maximum absolute atomic E-state index is 11.8. The number of benzene rings is 1. The van der Waals surface area contributed by atoms with Crippen LogP contribution in [0.2, 0.25) is 0 Å². The van der Waals surface area contributed by atoms with Crippen LogP contribution in [0.15, 0.2) is 36.0 Å². The Morgan fingerprint density at radius 3 is 2.50 bits per heavy atom. The van der Waals surface area contributed by atoms with Gasteiger partial charge in [0, 0.05) is 12.6 Å². The average Bonchev–Trinajstić information content (AvgIpc) is 2.83. The van der Waals surface area contributed by atoms with Gasteiger partial charge in [-0.2, -0.15) is 0 Å². The standard InChI is InChI=1S/C13H13NOS/c1-2-10-3-5-11(6-4-10)7-12(15)13-8-14-9-16-13/h3-6,8-9H,2,7H2,1H3. The molecule has 3 heteroatoms. The number of nitrogens with zero attached hydrogens (tertiary/aromatic N) is 1. The van der Waals surface area contributed by atoms with E-state index in [4.69, 9.17) is 0 Å². The maximum atomic E-state index is 11.8. The van der Waals surface area contributed by atoms with Crippen LogP contribution in [0.4, 0.5) is 0 Å². The number of hydrogen-bond acceptors (Lipinski definition) is 3. The fourth-order valence-corrected chi connectivity index (χ4v) is 2.08. The van der Waals surface area contributed by atoms with E-state index in [9.17, 15) is 4.79 Å². The van der Waals surface area contributed by atoms with E-state index in [1.807, 2.05) is 12.1 Å². The summed E-state index contributed by atoms with van der Waals surface area (Å²) in [5, 5.41) is 0. The fraction of sp³-hybridized carbons (Fsp3) is 0.231. The first-order chi connectivity index (χ1) is 7.79. The number of aryl methyl sites for hydroxylation is 1. The summed E-state index contributed by atoms with van der Waals surface area (Å²) >= 11 is 1.40. The first-order valence-corrected chi connectivity index (χ1v) is 6.17. The third-order valence-electron chi connectivity index (χ3n) is 2.50. The molecule has 0 atom stereocenters. The van der Waals surface area contributed by atoms with E-state index >= 15 is 0 Å². The zero-order valence-corrected chi connectivity index (χ0v) is 9.96. The summed E-state index contributed by atoms with van der Waals surface area (Å²) in [4.78, 5) is 16.4. The van der Waals surface area contributed by atoms with Crippen LogP contribution in [0.3, 0.4) is 0 Å². The Balaban J connectivity index is 2.06. The summed E-state index contributed by atoms with van der Waals surface area (Å²) in [6, 6.07) is 8.21. The Labute approximate surface area is 99.0 Å². The molecule has 0 radical (unpaired) electrons. The Morgan fingerprint density at radius 2 is 1.94 bits per heavy atom. The van der Waals surface area contributed by atoms with Crippen molar-refractivity contribution in [2.24, 2.45) is 0 Å². The predicted molar refractivity (Wildman–Crippen MR) is 66.0 cm³/mol. The Kier molecular flexibility index (Phi) is 3.47. The fourth-order valence-electron chi connectivity index (χ4n) is 1.52. The molecule has 0 aliphatic rings. The molecule has 16 heavy (non-hydrogen) atoms. The molecule has 0 amide bonds. The molecule has 0 N–H and O–H groups in total. The van der Waals surface area contributed by atoms with Crippen LogP contribution in [0.5, 0.6) is 0 Å². The van der Waals surface area contributed by atoms with Gasteiger partial charge >= 0.3 is 0 Å². The number of rotatable bonds is 4. The van der Waals surface area contributed by atoms with E-state index in [-0.39, 0.29) is 5.78 Å². The number of carbonyl (C=O) groups excluding carboxylic acids is 1. The molecule has 1 heterocycles. The summed E-state index contributed by atoms with van der Waals surface area (Å²) in [6.45, 7) is 2.12. The summed E-state index contributed by atoms with van der Waals surface area (Å²) < 4.78 is 0. The maximum Gasteiger partial charge on any atom is 0.178 e. The van der Waals surface area contributed by atoms with Gasteiger partial charge in [-0.15, -0.1) is 11.3 Å². The van der Waals surface area contributed by atoms with Gasteiger partial charge in [0.1, 0.15) is 0 Å². The van der Waals surface area contributed by atoms with Crippen molar-refractivity contribution in [3.05, 3.63) is 52.0 Å². The van der Waals surface area contributed by atoms with E-state index in [1.165, 1.54) is 16.9 Å². The van der Waals surface area contributed by atoms with Gasteiger partial charge in [0.2, 0.25) is 0 Å². The molecule has 0 aliphatic carbocycles. The molecule has 0 bridgehead atoms. The van der Waals surface area contributed by atoms with Gasteiger partial charge < -0.3 is 0 Å². The highest BCUT2D eigenvalue weighted by Gasteiger charge is 2.08. The largest absolute Gasteiger partial charge is 0.293 e. The van der Waals surface area contributed by atoms with E-state index < -0.39 is 0 Å². The predicted octanol–water partition coefficient (Wildman–Crippen LogP) is 3.13. The van der Waals surface area contributed by atoms with Crippen molar-refractivity contribution in [1.82, 2.24) is 4.98 Å². The zero-order valence-electron chi connectivity index (χ0n) is 9.14. The zero-order chi connectivity index (χ0) is 11.4. The van der Waals surface area contributed by atoms with Crippen molar-refractivity contribution in [3.8, 4) is 0 Å². The highest BCUT2D eigenvalue weighted by Crippen LogP contribution is 2.12. The normalized spacial score (nSPS) is 10.3. The molecule has 82 valence electrons. The lowest BCUT2D eigenvalue weighted by Gasteiger charge is -2.00. The van der Waals surface area contributed by atoms with Crippen LogP contribution in [0.1, 0.15) is 27.7 Å². The van der Waals surface area contributed by atoms with Crippen molar-refractivity contribution < 1.29 is 4.79 Å². The second-order valence-electron chi connectivity index (χ2n) is 3.64. The van der Waals surface area contributed by atoms with E-state index in [0.29, 0.717) is 6.42 Å². The van der Waals surface area contributed by atoms with Gasteiger partial charge in [0.05, 0.1) is 10.4 Å². The third kappa shape index (κ3) is 2.55. The summed E-state index contributed by atoms with van der Waals surface area (Å²) in [6.07, 6.45) is 3.13. The van der Waals surface area contributed by atoms with Gasteiger partial charge in [-0.25, -0.2) is 0 Å². The second-order valence-corrected chi connectivity index (χ2v) is 4.52. The Morgan fingerprint density at radius 1 is 1.25 bits per heavy atom. The smallest absolute Gasteiger partial charge is 0.178 e. The van der Waals surface area contributed by atoms with Gasteiger partial charge in [-0.1, -0.05) is 31.2 Å². The number of ketones is 1.